The van der Waals surface area contributed by atoms with E-state index in [0.29, 0.717) is 10.6 Å². The van der Waals surface area contributed by atoms with E-state index in [4.69, 9.17) is 5.11 Å². The van der Waals surface area contributed by atoms with Gasteiger partial charge in [0.15, 0.2) is 0 Å². The molecule has 2 aromatic rings. The van der Waals surface area contributed by atoms with Crippen molar-refractivity contribution in [3.8, 4) is 10.6 Å². The SMILES string of the molecule is O=C(O)CNS(=O)(=O)c1ccc(-c2ccccn2)s1. The van der Waals surface area contributed by atoms with E-state index in [0.717, 1.165) is 11.3 Å². The second-order valence-electron chi connectivity index (χ2n) is 3.55. The van der Waals surface area contributed by atoms with E-state index in [9.17, 15) is 13.2 Å². The summed E-state index contributed by atoms with van der Waals surface area (Å²) in [6, 6.07) is 8.41. The maximum atomic E-state index is 11.8. The number of hydrogen-bond acceptors (Lipinski definition) is 5. The molecule has 0 spiro atoms. The smallest absolute Gasteiger partial charge is 0.318 e. The number of aliphatic carboxylic acids is 1. The number of thiophene rings is 1. The fourth-order valence-corrected chi connectivity index (χ4v) is 3.64. The molecule has 100 valence electrons. The normalized spacial score (nSPS) is 11.4. The maximum absolute atomic E-state index is 11.8. The van der Waals surface area contributed by atoms with Crippen LogP contribution in [0.1, 0.15) is 0 Å². The summed E-state index contributed by atoms with van der Waals surface area (Å²) in [5.41, 5.74) is 0.673. The molecule has 2 heterocycles. The highest BCUT2D eigenvalue weighted by molar-refractivity contribution is 7.91. The molecular formula is C11H10N2O4S2. The minimum atomic E-state index is -3.78. The second-order valence-corrected chi connectivity index (χ2v) is 6.63. The fraction of sp³-hybridized carbons (Fsp3) is 0.0909. The molecule has 0 aliphatic rings. The molecule has 2 N–H and O–H groups in total. The first-order valence-corrected chi connectivity index (χ1v) is 7.52. The van der Waals surface area contributed by atoms with Crippen LogP contribution in [0.5, 0.6) is 0 Å². The molecule has 0 saturated heterocycles. The average molecular weight is 298 g/mol. The summed E-state index contributed by atoms with van der Waals surface area (Å²) in [6.45, 7) is -0.640. The van der Waals surface area contributed by atoms with Gasteiger partial charge in [0, 0.05) is 6.20 Å². The molecule has 2 rings (SSSR count). The average Bonchev–Trinajstić information content (AvgIpc) is 2.88. The number of sulfonamides is 1. The summed E-state index contributed by atoms with van der Waals surface area (Å²) < 4.78 is 25.7. The summed E-state index contributed by atoms with van der Waals surface area (Å²) in [5.74, 6) is -1.23. The van der Waals surface area contributed by atoms with E-state index < -0.39 is 22.5 Å². The van der Waals surface area contributed by atoms with Gasteiger partial charge in [0.05, 0.1) is 10.6 Å². The third-order valence-electron chi connectivity index (χ3n) is 2.18. The number of nitrogens with one attached hydrogen (secondary N) is 1. The maximum Gasteiger partial charge on any atom is 0.318 e. The first-order chi connectivity index (χ1) is 8.99. The monoisotopic (exact) mass is 298 g/mol. The highest BCUT2D eigenvalue weighted by atomic mass is 32.2. The molecule has 0 radical (unpaired) electrons. The first kappa shape index (κ1) is 13.7. The molecule has 2 aromatic heterocycles. The Morgan fingerprint density at radius 3 is 2.74 bits per heavy atom. The van der Waals surface area contributed by atoms with Crippen LogP contribution < -0.4 is 4.72 Å². The van der Waals surface area contributed by atoms with Crippen LogP contribution in [0.3, 0.4) is 0 Å². The lowest BCUT2D eigenvalue weighted by molar-refractivity contribution is -0.135. The molecule has 0 aliphatic heterocycles. The number of carbonyl (C=O) groups is 1. The molecule has 0 aromatic carbocycles. The molecule has 0 atom stereocenters. The Kier molecular flexibility index (Phi) is 3.93. The van der Waals surface area contributed by atoms with Crippen LogP contribution in [0.4, 0.5) is 0 Å². The van der Waals surface area contributed by atoms with Crippen LogP contribution in [-0.2, 0) is 14.8 Å². The number of pyridine rings is 1. The van der Waals surface area contributed by atoms with Gasteiger partial charge in [-0.1, -0.05) is 6.07 Å². The largest absolute Gasteiger partial charge is 0.480 e. The van der Waals surface area contributed by atoms with Crippen LogP contribution in [-0.4, -0.2) is 31.0 Å². The quantitative estimate of drug-likeness (QED) is 0.864. The summed E-state index contributed by atoms with van der Waals surface area (Å²) in [6.07, 6.45) is 1.62. The Labute approximate surface area is 113 Å². The third-order valence-corrected chi connectivity index (χ3v) is 5.18. The zero-order valence-corrected chi connectivity index (χ0v) is 11.2. The zero-order chi connectivity index (χ0) is 13.9. The van der Waals surface area contributed by atoms with E-state index in [2.05, 4.69) is 4.98 Å². The van der Waals surface area contributed by atoms with Gasteiger partial charge in [-0.05, 0) is 24.3 Å². The van der Waals surface area contributed by atoms with E-state index in [1.54, 1.807) is 30.5 Å². The Balaban J connectivity index is 2.24. The Hall–Kier alpha value is -1.77. The Morgan fingerprint density at radius 2 is 2.11 bits per heavy atom. The molecular weight excluding hydrogens is 288 g/mol. The molecule has 0 unspecified atom stereocenters. The predicted octanol–water partition coefficient (Wildman–Crippen LogP) is 1.17. The summed E-state index contributed by atoms with van der Waals surface area (Å²) in [7, 11) is -3.78. The van der Waals surface area contributed by atoms with E-state index in [1.165, 1.54) is 6.07 Å². The second kappa shape index (κ2) is 5.47. The molecule has 0 fully saturated rings. The number of rotatable bonds is 5. The van der Waals surface area contributed by atoms with Gasteiger partial charge in [-0.25, -0.2) is 8.42 Å². The van der Waals surface area contributed by atoms with Crippen molar-refractivity contribution in [3.05, 3.63) is 36.5 Å². The van der Waals surface area contributed by atoms with Crippen molar-refractivity contribution in [2.75, 3.05) is 6.54 Å². The fourth-order valence-electron chi connectivity index (χ4n) is 1.34. The first-order valence-electron chi connectivity index (χ1n) is 5.22. The van der Waals surface area contributed by atoms with Crippen LogP contribution >= 0.6 is 11.3 Å². The van der Waals surface area contributed by atoms with Crippen molar-refractivity contribution in [2.45, 2.75) is 4.21 Å². The van der Waals surface area contributed by atoms with Crippen molar-refractivity contribution in [1.29, 1.82) is 0 Å². The van der Waals surface area contributed by atoms with Gasteiger partial charge in [0.25, 0.3) is 10.0 Å². The van der Waals surface area contributed by atoms with Crippen LogP contribution in [0.2, 0.25) is 0 Å². The van der Waals surface area contributed by atoms with Gasteiger partial charge in [0.1, 0.15) is 10.8 Å². The summed E-state index contributed by atoms with van der Waals surface area (Å²) >= 11 is 1.04. The minimum Gasteiger partial charge on any atom is -0.480 e. The standard InChI is InChI=1S/C11H10N2O4S2/c14-10(15)7-13-19(16,17)11-5-4-9(18-11)8-3-1-2-6-12-8/h1-6,13H,7H2,(H,14,15). The van der Waals surface area contributed by atoms with Crippen molar-refractivity contribution in [3.63, 3.8) is 0 Å². The van der Waals surface area contributed by atoms with E-state index >= 15 is 0 Å². The predicted molar refractivity (Wildman–Crippen MR) is 70.4 cm³/mol. The van der Waals surface area contributed by atoms with Crippen molar-refractivity contribution in [1.82, 2.24) is 9.71 Å². The molecule has 0 bridgehead atoms. The molecule has 19 heavy (non-hydrogen) atoms. The van der Waals surface area contributed by atoms with Gasteiger partial charge < -0.3 is 5.11 Å². The van der Waals surface area contributed by atoms with Crippen LogP contribution in [0.15, 0.2) is 40.7 Å². The van der Waals surface area contributed by atoms with E-state index in [-0.39, 0.29) is 4.21 Å². The lowest BCUT2D eigenvalue weighted by Crippen LogP contribution is -2.28. The number of carboxylic acid groups (broad SMARTS) is 1. The number of nitrogens with zero attached hydrogens (tertiary/aromatic N) is 1. The van der Waals surface area contributed by atoms with Crippen molar-refractivity contribution < 1.29 is 18.3 Å². The molecule has 0 saturated carbocycles. The lowest BCUT2D eigenvalue weighted by atomic mass is 10.3. The van der Waals surface area contributed by atoms with E-state index in [1.807, 2.05) is 4.72 Å². The Morgan fingerprint density at radius 1 is 1.32 bits per heavy atom. The highest BCUT2D eigenvalue weighted by Crippen LogP contribution is 2.28. The molecule has 6 nitrogen and oxygen atoms in total. The number of aromatic nitrogens is 1. The van der Waals surface area contributed by atoms with Crippen molar-refractivity contribution in [2.24, 2.45) is 0 Å². The Bertz CT molecular complexity index is 680. The third kappa shape index (κ3) is 3.37. The summed E-state index contributed by atoms with van der Waals surface area (Å²) in [5, 5.41) is 8.47. The van der Waals surface area contributed by atoms with Crippen molar-refractivity contribution >= 4 is 27.3 Å². The minimum absolute atomic E-state index is 0.0643. The lowest BCUT2D eigenvalue weighted by Gasteiger charge is -2.00. The van der Waals surface area contributed by atoms with Gasteiger partial charge >= 0.3 is 5.97 Å². The summed E-state index contributed by atoms with van der Waals surface area (Å²) in [4.78, 5) is 15.2. The molecule has 0 amide bonds. The van der Waals surface area contributed by atoms with Gasteiger partial charge in [0.2, 0.25) is 0 Å². The van der Waals surface area contributed by atoms with Crippen LogP contribution in [0.25, 0.3) is 10.6 Å². The number of hydrogen-bond donors (Lipinski definition) is 2. The molecule has 8 heteroatoms. The topological polar surface area (TPSA) is 96.4 Å². The number of carboxylic acids is 1. The van der Waals surface area contributed by atoms with Gasteiger partial charge in [-0.2, -0.15) is 4.72 Å². The van der Waals surface area contributed by atoms with Gasteiger partial charge in [-0.15, -0.1) is 11.3 Å². The zero-order valence-electron chi connectivity index (χ0n) is 9.61. The highest BCUT2D eigenvalue weighted by Gasteiger charge is 2.18. The van der Waals surface area contributed by atoms with Gasteiger partial charge in [-0.3, -0.25) is 9.78 Å². The molecule has 0 aliphatic carbocycles. The van der Waals surface area contributed by atoms with Crippen LogP contribution in [0, 0.1) is 0 Å².